The molecule has 0 amide bonds. The van der Waals surface area contributed by atoms with E-state index >= 15 is 0 Å². The van der Waals surface area contributed by atoms with E-state index in [9.17, 15) is 0 Å². The lowest BCUT2D eigenvalue weighted by molar-refractivity contribution is 0.959. The largest absolute Gasteiger partial charge is 0.385 e. The van der Waals surface area contributed by atoms with Gasteiger partial charge in [0.25, 0.3) is 0 Å². The van der Waals surface area contributed by atoms with Gasteiger partial charge in [0.1, 0.15) is 11.0 Å². The summed E-state index contributed by atoms with van der Waals surface area (Å²) in [5.41, 5.74) is 2.88. The van der Waals surface area contributed by atoms with Crippen molar-refractivity contribution in [2.75, 3.05) is 11.9 Å². The van der Waals surface area contributed by atoms with Crippen LogP contribution >= 0.6 is 0 Å². The first kappa shape index (κ1) is 7.09. The number of aromatic amines is 1. The molecule has 1 heterocycles. The molecule has 2 rings (SSSR count). The first-order valence-corrected chi connectivity index (χ1v) is 3.94. The third-order valence-corrected chi connectivity index (χ3v) is 1.70. The SMILES string of the molecule is CCNc1ccc2n[nH]nc2c1.[HH]. The maximum atomic E-state index is 3.99. The van der Waals surface area contributed by atoms with E-state index < -0.39 is 0 Å². The molecule has 1 aromatic heterocycles. The summed E-state index contributed by atoms with van der Waals surface area (Å²) in [7, 11) is 0. The average molecular weight is 164 g/mol. The molecule has 0 bridgehead atoms. The molecule has 0 aliphatic heterocycles. The molecule has 1 aromatic carbocycles. The van der Waals surface area contributed by atoms with Crippen LogP contribution in [0.1, 0.15) is 8.35 Å². The molecular weight excluding hydrogens is 152 g/mol. The van der Waals surface area contributed by atoms with Crippen molar-refractivity contribution >= 4 is 16.7 Å². The minimum Gasteiger partial charge on any atom is -0.385 e. The van der Waals surface area contributed by atoms with E-state index in [1.54, 1.807) is 0 Å². The fourth-order valence-corrected chi connectivity index (χ4v) is 1.15. The molecule has 0 saturated heterocycles. The van der Waals surface area contributed by atoms with Gasteiger partial charge in [0, 0.05) is 13.7 Å². The summed E-state index contributed by atoms with van der Waals surface area (Å²) in [5.74, 6) is 0. The van der Waals surface area contributed by atoms with Gasteiger partial charge >= 0.3 is 0 Å². The van der Waals surface area contributed by atoms with Gasteiger partial charge < -0.3 is 5.32 Å². The smallest absolute Gasteiger partial charge is 0.115 e. The fourth-order valence-electron chi connectivity index (χ4n) is 1.15. The van der Waals surface area contributed by atoms with Crippen molar-refractivity contribution in [3.05, 3.63) is 18.2 Å². The zero-order valence-electron chi connectivity index (χ0n) is 6.83. The molecule has 0 fully saturated rings. The molecule has 4 heteroatoms. The van der Waals surface area contributed by atoms with Gasteiger partial charge in [0.15, 0.2) is 0 Å². The van der Waals surface area contributed by atoms with Crippen molar-refractivity contribution in [1.82, 2.24) is 15.4 Å². The van der Waals surface area contributed by atoms with Crippen LogP contribution in [0, 0.1) is 0 Å². The van der Waals surface area contributed by atoms with Crippen molar-refractivity contribution in [1.29, 1.82) is 0 Å². The normalized spacial score (nSPS) is 10.4. The quantitative estimate of drug-likeness (QED) is 0.709. The van der Waals surface area contributed by atoms with Gasteiger partial charge in [-0.3, -0.25) is 0 Å². The van der Waals surface area contributed by atoms with Gasteiger partial charge in [-0.05, 0) is 25.1 Å². The average Bonchev–Trinajstić information content (AvgIpc) is 2.51. The van der Waals surface area contributed by atoms with Crippen LogP contribution in [-0.2, 0) is 0 Å². The number of nitrogens with one attached hydrogen (secondary N) is 2. The number of anilines is 1. The number of rotatable bonds is 2. The Bertz CT molecular complexity index is 384. The predicted octanol–water partition coefficient (Wildman–Crippen LogP) is 1.64. The van der Waals surface area contributed by atoms with Crippen molar-refractivity contribution in [3.63, 3.8) is 0 Å². The second kappa shape index (κ2) is 2.81. The highest BCUT2D eigenvalue weighted by Gasteiger charge is 1.97. The molecule has 0 aliphatic rings. The van der Waals surface area contributed by atoms with Gasteiger partial charge in [-0.1, -0.05) is 0 Å². The highest BCUT2D eigenvalue weighted by atomic mass is 15.3. The fraction of sp³-hybridized carbons (Fsp3) is 0.250. The number of nitrogens with zero attached hydrogens (tertiary/aromatic N) is 2. The summed E-state index contributed by atoms with van der Waals surface area (Å²) >= 11 is 0. The van der Waals surface area contributed by atoms with Gasteiger partial charge in [0.05, 0.1) is 0 Å². The molecule has 12 heavy (non-hydrogen) atoms. The molecule has 0 saturated carbocycles. The molecule has 4 nitrogen and oxygen atoms in total. The van der Waals surface area contributed by atoms with Crippen LogP contribution in [0.25, 0.3) is 11.0 Å². The zero-order chi connectivity index (χ0) is 8.39. The first-order chi connectivity index (χ1) is 5.90. The van der Waals surface area contributed by atoms with E-state index in [1.807, 2.05) is 18.2 Å². The Labute approximate surface area is 71.5 Å². The molecule has 0 radical (unpaired) electrons. The molecule has 0 unspecified atom stereocenters. The second-order valence-electron chi connectivity index (χ2n) is 2.56. The van der Waals surface area contributed by atoms with Crippen LogP contribution in [-0.4, -0.2) is 22.0 Å². The molecule has 2 N–H and O–H groups in total. The highest BCUT2D eigenvalue weighted by Crippen LogP contribution is 2.13. The Morgan fingerprint density at radius 2 is 2.25 bits per heavy atom. The van der Waals surface area contributed by atoms with Crippen LogP contribution < -0.4 is 5.32 Å². The third-order valence-electron chi connectivity index (χ3n) is 1.70. The maximum absolute atomic E-state index is 3.99. The summed E-state index contributed by atoms with van der Waals surface area (Å²) in [5, 5.41) is 13.7. The number of fused-ring (bicyclic) bond motifs is 1. The van der Waals surface area contributed by atoms with Crippen molar-refractivity contribution < 1.29 is 1.43 Å². The van der Waals surface area contributed by atoms with Crippen LogP contribution in [0.2, 0.25) is 0 Å². The van der Waals surface area contributed by atoms with Crippen molar-refractivity contribution in [2.45, 2.75) is 6.92 Å². The summed E-state index contributed by atoms with van der Waals surface area (Å²) in [4.78, 5) is 0. The van der Waals surface area contributed by atoms with Gasteiger partial charge in [-0.2, -0.15) is 15.4 Å². The standard InChI is InChI=1S/C8H10N4.H2/c1-2-9-6-3-4-7-8(5-6)11-12-10-7;/h3-5,9H,2H2,1H3,(H,10,11,12);1H. The predicted molar refractivity (Wildman–Crippen MR) is 50.2 cm³/mol. The first-order valence-electron chi connectivity index (χ1n) is 3.94. The monoisotopic (exact) mass is 164 g/mol. The van der Waals surface area contributed by atoms with E-state index in [4.69, 9.17) is 0 Å². The summed E-state index contributed by atoms with van der Waals surface area (Å²) in [6.45, 7) is 2.98. The van der Waals surface area contributed by atoms with Crippen LogP contribution in [0.3, 0.4) is 0 Å². The van der Waals surface area contributed by atoms with Gasteiger partial charge in [-0.15, -0.1) is 0 Å². The lowest BCUT2D eigenvalue weighted by Gasteiger charge is -2.00. The number of hydrogen-bond donors (Lipinski definition) is 2. The summed E-state index contributed by atoms with van der Waals surface area (Å²) < 4.78 is 0. The Morgan fingerprint density at radius 1 is 1.42 bits per heavy atom. The topological polar surface area (TPSA) is 53.6 Å². The van der Waals surface area contributed by atoms with Crippen molar-refractivity contribution in [3.8, 4) is 0 Å². The zero-order valence-corrected chi connectivity index (χ0v) is 6.83. The Kier molecular flexibility index (Phi) is 1.66. The van der Waals surface area contributed by atoms with E-state index in [0.29, 0.717) is 0 Å². The van der Waals surface area contributed by atoms with E-state index in [0.717, 1.165) is 23.3 Å². The summed E-state index contributed by atoms with van der Waals surface area (Å²) in [6, 6.07) is 5.91. The molecular formula is C8H12N4. The third kappa shape index (κ3) is 1.11. The molecule has 0 spiro atoms. The molecule has 0 atom stereocenters. The van der Waals surface area contributed by atoms with E-state index in [-0.39, 0.29) is 1.43 Å². The maximum Gasteiger partial charge on any atom is 0.115 e. The van der Waals surface area contributed by atoms with Crippen LogP contribution in [0.4, 0.5) is 5.69 Å². The molecule has 64 valence electrons. The molecule has 0 aliphatic carbocycles. The van der Waals surface area contributed by atoms with Crippen LogP contribution in [0.15, 0.2) is 18.2 Å². The Balaban J connectivity index is 0.000000845. The summed E-state index contributed by atoms with van der Waals surface area (Å²) in [6.07, 6.45) is 0. The number of benzene rings is 1. The Morgan fingerprint density at radius 3 is 3.08 bits per heavy atom. The van der Waals surface area contributed by atoms with E-state index in [2.05, 4.69) is 27.7 Å². The van der Waals surface area contributed by atoms with Crippen LogP contribution in [0.5, 0.6) is 0 Å². The minimum absolute atomic E-state index is 0. The highest BCUT2D eigenvalue weighted by molar-refractivity contribution is 5.77. The molecule has 2 aromatic rings. The number of hydrogen-bond acceptors (Lipinski definition) is 3. The second-order valence-corrected chi connectivity index (χ2v) is 2.56. The lowest BCUT2D eigenvalue weighted by Crippen LogP contribution is -1.95. The number of H-pyrrole nitrogens is 1. The van der Waals surface area contributed by atoms with E-state index in [1.165, 1.54) is 0 Å². The van der Waals surface area contributed by atoms with Gasteiger partial charge in [-0.25, -0.2) is 0 Å². The Hall–Kier alpha value is -1.58. The number of aromatic nitrogens is 3. The minimum atomic E-state index is 0. The lowest BCUT2D eigenvalue weighted by atomic mass is 10.3. The van der Waals surface area contributed by atoms with Gasteiger partial charge in [0.2, 0.25) is 0 Å². The van der Waals surface area contributed by atoms with Crippen molar-refractivity contribution in [2.24, 2.45) is 0 Å².